The van der Waals surface area contributed by atoms with Crippen molar-refractivity contribution >= 4 is 0 Å². The van der Waals surface area contributed by atoms with Gasteiger partial charge in [-0.3, -0.25) is 0 Å². The van der Waals surface area contributed by atoms with E-state index >= 15 is 0 Å². The maximum absolute atomic E-state index is 2.32. The molecule has 0 aliphatic heterocycles. The van der Waals surface area contributed by atoms with Gasteiger partial charge in [0.1, 0.15) is 6.54 Å². The van der Waals surface area contributed by atoms with Crippen LogP contribution in [-0.4, -0.2) is 32.2 Å². The number of unbranched alkanes of at least 4 members (excludes halogenated alkanes) is 24. The second-order valence-corrected chi connectivity index (χ2v) is 14.1. The molecule has 0 aliphatic rings. The Labute approximate surface area is 260 Å². The van der Waals surface area contributed by atoms with Gasteiger partial charge < -0.3 is 4.48 Å². The van der Waals surface area contributed by atoms with Crippen LogP contribution in [0.15, 0.2) is 24.5 Å². The molecule has 0 atom stereocenters. The molecule has 0 bridgehead atoms. The molecular weight excluding hydrogens is 496 g/mol. The highest BCUT2D eigenvalue weighted by atomic mass is 15.3. The number of hydrogen-bond donors (Lipinski definition) is 0. The average molecular weight is 575 g/mol. The van der Waals surface area contributed by atoms with Gasteiger partial charge in [0.25, 0.3) is 0 Å². The van der Waals surface area contributed by atoms with E-state index in [2.05, 4.69) is 71.0 Å². The highest BCUT2D eigenvalue weighted by Crippen LogP contribution is 2.14. The van der Waals surface area contributed by atoms with Crippen molar-refractivity contribution in [3.63, 3.8) is 0 Å². The van der Waals surface area contributed by atoms with Crippen LogP contribution in [0.1, 0.15) is 186 Å². The van der Waals surface area contributed by atoms with E-state index in [1.54, 1.807) is 0 Å². The Morgan fingerprint density at radius 1 is 0.439 bits per heavy atom. The van der Waals surface area contributed by atoms with Crippen molar-refractivity contribution in [1.82, 2.24) is 0 Å². The zero-order chi connectivity index (χ0) is 30.3. The summed E-state index contributed by atoms with van der Waals surface area (Å²) in [5, 5.41) is 0. The molecule has 0 aliphatic carbocycles. The molecule has 1 rings (SSSR count). The van der Waals surface area contributed by atoms with Gasteiger partial charge in [0.15, 0.2) is 12.4 Å². The minimum absolute atomic E-state index is 1.12. The Morgan fingerprint density at radius 3 is 1.05 bits per heavy atom. The Morgan fingerprint density at radius 2 is 0.732 bits per heavy atom. The van der Waals surface area contributed by atoms with Gasteiger partial charge >= 0.3 is 0 Å². The lowest BCUT2D eigenvalue weighted by Crippen LogP contribution is -2.35. The first kappa shape index (κ1) is 40.1. The largest absolute Gasteiger partial charge is 0.331 e. The summed E-state index contributed by atoms with van der Waals surface area (Å²) in [4.78, 5) is 0. The van der Waals surface area contributed by atoms with Gasteiger partial charge in [-0.1, -0.05) is 155 Å². The van der Waals surface area contributed by atoms with Gasteiger partial charge in [-0.05, 0) is 31.7 Å². The van der Waals surface area contributed by atoms with Crippen molar-refractivity contribution in [1.29, 1.82) is 0 Å². The Balaban J connectivity index is 0.000000865. The van der Waals surface area contributed by atoms with Gasteiger partial charge in [-0.2, -0.15) is 0 Å². The number of pyridine rings is 1. The van der Waals surface area contributed by atoms with E-state index in [-0.39, 0.29) is 0 Å². The van der Waals surface area contributed by atoms with Crippen LogP contribution in [0.25, 0.3) is 0 Å². The quantitative estimate of drug-likeness (QED) is 0.0532. The minimum Gasteiger partial charge on any atom is -0.331 e. The van der Waals surface area contributed by atoms with Gasteiger partial charge in [0, 0.05) is 18.6 Å². The van der Waals surface area contributed by atoms with Crippen molar-refractivity contribution in [3.8, 4) is 0 Å². The number of rotatable bonds is 28. The van der Waals surface area contributed by atoms with Crippen LogP contribution in [0, 0.1) is 6.92 Å². The summed E-state index contributed by atoms with van der Waals surface area (Å²) in [5.74, 6) is 0. The van der Waals surface area contributed by atoms with Crippen molar-refractivity contribution < 1.29 is 9.05 Å². The number of hydrogen-bond acceptors (Lipinski definition) is 0. The van der Waals surface area contributed by atoms with E-state index in [0.29, 0.717) is 0 Å². The predicted octanol–water partition coefficient (Wildman–Crippen LogP) is 12.2. The predicted molar refractivity (Wildman–Crippen MR) is 186 cm³/mol. The number of nitrogens with zero attached hydrogens (tertiary/aromatic N) is 2. The van der Waals surface area contributed by atoms with Crippen LogP contribution in [0.5, 0.6) is 0 Å². The molecule has 1 aromatic heterocycles. The SMILES string of the molecule is CCCCCCCCCCCCCCCCCC[n+]1ccc(C)cc1.CCCCCCCCCCCC[N+](C)(C)C. The lowest BCUT2D eigenvalue weighted by molar-refractivity contribution is -0.870. The molecule has 2 heteroatoms. The topological polar surface area (TPSA) is 3.88 Å². The highest BCUT2D eigenvalue weighted by molar-refractivity contribution is 5.03. The van der Waals surface area contributed by atoms with E-state index in [0.717, 1.165) is 4.48 Å². The third-order valence-electron chi connectivity index (χ3n) is 8.51. The monoisotopic (exact) mass is 575 g/mol. The number of aryl methyl sites for hydroxylation is 2. The van der Waals surface area contributed by atoms with E-state index < -0.39 is 0 Å². The Bertz CT molecular complexity index is 615. The van der Waals surface area contributed by atoms with Crippen LogP contribution in [0.4, 0.5) is 0 Å². The number of aromatic nitrogens is 1. The summed E-state index contributed by atoms with van der Waals surface area (Å²) in [6, 6.07) is 4.40. The van der Waals surface area contributed by atoms with Gasteiger partial charge in [-0.15, -0.1) is 0 Å². The summed E-state index contributed by atoms with van der Waals surface area (Å²) < 4.78 is 3.44. The summed E-state index contributed by atoms with van der Waals surface area (Å²) in [5.41, 5.74) is 1.35. The van der Waals surface area contributed by atoms with Crippen molar-refractivity contribution in [2.75, 3.05) is 27.7 Å². The van der Waals surface area contributed by atoms with Crippen molar-refractivity contribution in [3.05, 3.63) is 30.1 Å². The fraction of sp³-hybridized carbons (Fsp3) is 0.872. The molecular formula is C39H78N2+2. The second-order valence-electron chi connectivity index (χ2n) is 14.1. The van der Waals surface area contributed by atoms with Crippen LogP contribution in [0.3, 0.4) is 0 Å². The van der Waals surface area contributed by atoms with E-state index in [1.165, 1.54) is 186 Å². The Hall–Kier alpha value is -0.890. The summed E-state index contributed by atoms with van der Waals surface area (Å²) in [6.45, 7) is 9.24. The molecule has 1 heterocycles. The fourth-order valence-electron chi connectivity index (χ4n) is 5.60. The zero-order valence-corrected chi connectivity index (χ0v) is 29.5. The van der Waals surface area contributed by atoms with Crippen molar-refractivity contribution in [2.24, 2.45) is 0 Å². The molecule has 41 heavy (non-hydrogen) atoms. The molecule has 0 aromatic carbocycles. The average Bonchev–Trinajstić information content (AvgIpc) is 2.94. The number of quaternary nitrogens is 1. The smallest absolute Gasteiger partial charge is 0.169 e. The first-order valence-corrected chi connectivity index (χ1v) is 18.6. The van der Waals surface area contributed by atoms with Crippen LogP contribution >= 0.6 is 0 Å². The van der Waals surface area contributed by atoms with Crippen LogP contribution < -0.4 is 4.57 Å². The first-order chi connectivity index (χ1) is 19.9. The highest BCUT2D eigenvalue weighted by Gasteiger charge is 2.05. The molecule has 2 nitrogen and oxygen atoms in total. The van der Waals surface area contributed by atoms with E-state index in [1.807, 2.05) is 0 Å². The summed E-state index contributed by atoms with van der Waals surface area (Å²) >= 11 is 0. The standard InChI is InChI=1S/C24H44N.C15H34N/c1-3-4-5-6-7-8-9-10-11-12-13-14-15-16-17-18-21-25-22-19-24(2)20-23-25;1-5-6-7-8-9-10-11-12-13-14-15-16(2,3)4/h19-20,22-23H,3-18,21H2,1-2H3;5-15H2,1-4H3/q2*+1. The second kappa shape index (κ2) is 30.6. The van der Waals surface area contributed by atoms with Crippen LogP contribution in [0.2, 0.25) is 0 Å². The molecule has 0 unspecified atom stereocenters. The Kier molecular flexibility index (Phi) is 29.9. The molecule has 0 amide bonds. The molecule has 0 N–H and O–H groups in total. The minimum atomic E-state index is 1.12. The maximum Gasteiger partial charge on any atom is 0.169 e. The first-order valence-electron chi connectivity index (χ1n) is 18.6. The lowest BCUT2D eigenvalue weighted by atomic mass is 10.0. The lowest BCUT2D eigenvalue weighted by Gasteiger charge is -2.23. The molecule has 1 aromatic rings. The van der Waals surface area contributed by atoms with Gasteiger partial charge in [-0.25, -0.2) is 4.57 Å². The molecule has 0 spiro atoms. The van der Waals surface area contributed by atoms with E-state index in [9.17, 15) is 0 Å². The third kappa shape index (κ3) is 33.5. The summed E-state index contributed by atoms with van der Waals surface area (Å²) in [6.07, 6.45) is 41.9. The molecule has 0 saturated carbocycles. The van der Waals surface area contributed by atoms with Crippen LogP contribution in [-0.2, 0) is 6.54 Å². The normalized spacial score (nSPS) is 11.5. The van der Waals surface area contributed by atoms with Gasteiger partial charge in [0.2, 0.25) is 0 Å². The third-order valence-corrected chi connectivity index (χ3v) is 8.51. The molecule has 0 fully saturated rings. The maximum atomic E-state index is 2.32. The zero-order valence-electron chi connectivity index (χ0n) is 29.5. The fourth-order valence-corrected chi connectivity index (χ4v) is 5.60. The molecule has 0 saturated heterocycles. The van der Waals surface area contributed by atoms with Gasteiger partial charge in [0.05, 0.1) is 27.7 Å². The molecule has 242 valence electrons. The summed E-state index contributed by atoms with van der Waals surface area (Å²) in [7, 11) is 6.86. The molecule has 0 radical (unpaired) electrons. The van der Waals surface area contributed by atoms with Crippen molar-refractivity contribution in [2.45, 2.75) is 194 Å². The van der Waals surface area contributed by atoms with E-state index in [4.69, 9.17) is 0 Å².